The van der Waals surface area contributed by atoms with Gasteiger partial charge in [0.05, 0.1) is 5.56 Å². The summed E-state index contributed by atoms with van der Waals surface area (Å²) < 4.78 is 30.5. The molecule has 2 amide bonds. The van der Waals surface area contributed by atoms with Crippen molar-refractivity contribution in [2.24, 2.45) is 0 Å². The standard InChI is InChI=1S/C14H16F2N2O4/c1-3-17-13(20)8(2)18-12(19)7-22-14(21)9-4-10(15)6-11(16)5-9/h4-6,8H,3,7H2,1-2H3,(H,17,20)(H,18,19)/t8-/m1/s1. The lowest BCUT2D eigenvalue weighted by molar-refractivity contribution is -0.130. The summed E-state index contributed by atoms with van der Waals surface area (Å²) in [5.74, 6) is -3.99. The van der Waals surface area contributed by atoms with Crippen LogP contribution in [-0.4, -0.2) is 37.0 Å². The van der Waals surface area contributed by atoms with Gasteiger partial charge in [-0.15, -0.1) is 0 Å². The number of halogens is 2. The molecule has 0 saturated heterocycles. The quantitative estimate of drug-likeness (QED) is 0.759. The van der Waals surface area contributed by atoms with Crippen LogP contribution in [-0.2, 0) is 14.3 Å². The number of nitrogens with one attached hydrogen (secondary N) is 2. The largest absolute Gasteiger partial charge is 0.452 e. The van der Waals surface area contributed by atoms with Gasteiger partial charge in [-0.25, -0.2) is 13.6 Å². The molecule has 0 aliphatic rings. The first-order valence-corrected chi connectivity index (χ1v) is 6.53. The Kier molecular flexibility index (Phi) is 6.43. The van der Waals surface area contributed by atoms with Gasteiger partial charge in [0.2, 0.25) is 5.91 Å². The van der Waals surface area contributed by atoms with E-state index in [4.69, 9.17) is 0 Å². The molecule has 120 valence electrons. The van der Waals surface area contributed by atoms with E-state index >= 15 is 0 Å². The predicted octanol–water partition coefficient (Wildman–Crippen LogP) is 0.762. The van der Waals surface area contributed by atoms with Crippen LogP contribution in [0.15, 0.2) is 18.2 Å². The van der Waals surface area contributed by atoms with Gasteiger partial charge in [-0.1, -0.05) is 0 Å². The summed E-state index contributed by atoms with van der Waals surface area (Å²) in [4.78, 5) is 34.5. The molecule has 0 fully saturated rings. The smallest absolute Gasteiger partial charge is 0.338 e. The second-order valence-corrected chi connectivity index (χ2v) is 4.42. The fourth-order valence-electron chi connectivity index (χ4n) is 1.56. The van der Waals surface area contributed by atoms with Crippen molar-refractivity contribution in [3.8, 4) is 0 Å². The fraction of sp³-hybridized carbons (Fsp3) is 0.357. The molecule has 0 aliphatic carbocycles. The van der Waals surface area contributed by atoms with Gasteiger partial charge in [0, 0.05) is 12.6 Å². The van der Waals surface area contributed by atoms with Gasteiger partial charge in [0.1, 0.15) is 17.7 Å². The number of rotatable bonds is 6. The molecular formula is C14H16F2N2O4. The van der Waals surface area contributed by atoms with Gasteiger partial charge in [-0.05, 0) is 26.0 Å². The molecule has 0 saturated carbocycles. The molecule has 8 heteroatoms. The first-order chi connectivity index (χ1) is 10.3. The van der Waals surface area contributed by atoms with Crippen molar-refractivity contribution in [2.75, 3.05) is 13.2 Å². The van der Waals surface area contributed by atoms with Gasteiger partial charge in [-0.2, -0.15) is 0 Å². The number of amides is 2. The molecule has 0 heterocycles. The Labute approximate surface area is 125 Å². The van der Waals surface area contributed by atoms with Crippen LogP contribution in [0.5, 0.6) is 0 Å². The number of carbonyl (C=O) groups excluding carboxylic acids is 3. The van der Waals surface area contributed by atoms with Gasteiger partial charge in [0.15, 0.2) is 6.61 Å². The molecule has 1 aromatic rings. The van der Waals surface area contributed by atoms with Gasteiger partial charge < -0.3 is 15.4 Å². The topological polar surface area (TPSA) is 84.5 Å². The highest BCUT2D eigenvalue weighted by Crippen LogP contribution is 2.09. The van der Waals surface area contributed by atoms with Crippen LogP contribution in [0.1, 0.15) is 24.2 Å². The van der Waals surface area contributed by atoms with Gasteiger partial charge in [-0.3, -0.25) is 9.59 Å². The Morgan fingerprint density at radius 2 is 1.77 bits per heavy atom. The maximum Gasteiger partial charge on any atom is 0.338 e. The molecule has 0 spiro atoms. The second-order valence-electron chi connectivity index (χ2n) is 4.42. The third-order valence-corrected chi connectivity index (χ3v) is 2.55. The van der Waals surface area contributed by atoms with Crippen LogP contribution < -0.4 is 10.6 Å². The van der Waals surface area contributed by atoms with Gasteiger partial charge in [0.25, 0.3) is 5.91 Å². The van der Waals surface area contributed by atoms with Crippen molar-refractivity contribution in [1.29, 1.82) is 0 Å². The molecule has 0 radical (unpaired) electrons. The summed E-state index contributed by atoms with van der Waals surface area (Å²) in [6.45, 7) is 2.94. The molecule has 1 atom stereocenters. The highest BCUT2D eigenvalue weighted by atomic mass is 19.1. The van der Waals surface area contributed by atoms with Crippen LogP contribution in [0, 0.1) is 11.6 Å². The van der Waals surface area contributed by atoms with Gasteiger partial charge >= 0.3 is 5.97 Å². The van der Waals surface area contributed by atoms with E-state index in [1.807, 2.05) is 0 Å². The number of hydrogen-bond acceptors (Lipinski definition) is 4. The van der Waals surface area contributed by atoms with Crippen molar-refractivity contribution in [3.63, 3.8) is 0 Å². The first-order valence-electron chi connectivity index (χ1n) is 6.53. The minimum Gasteiger partial charge on any atom is -0.452 e. The summed E-state index contributed by atoms with van der Waals surface area (Å²) in [5, 5.41) is 4.83. The maximum atomic E-state index is 12.9. The van der Waals surface area contributed by atoms with E-state index in [1.165, 1.54) is 6.92 Å². The highest BCUT2D eigenvalue weighted by Gasteiger charge is 2.17. The van der Waals surface area contributed by atoms with Crippen LogP contribution in [0.2, 0.25) is 0 Å². The number of hydrogen-bond donors (Lipinski definition) is 2. The Morgan fingerprint density at radius 1 is 1.18 bits per heavy atom. The molecule has 6 nitrogen and oxygen atoms in total. The second kappa shape index (κ2) is 8.06. The summed E-state index contributed by atoms with van der Waals surface area (Å²) in [5.41, 5.74) is -0.345. The zero-order valence-corrected chi connectivity index (χ0v) is 12.1. The molecule has 0 aromatic heterocycles. The summed E-state index contributed by atoms with van der Waals surface area (Å²) in [6.07, 6.45) is 0. The number of benzene rings is 1. The average molecular weight is 314 g/mol. The highest BCUT2D eigenvalue weighted by molar-refractivity contribution is 5.92. The lowest BCUT2D eigenvalue weighted by atomic mass is 10.2. The van der Waals surface area contributed by atoms with Crippen molar-refractivity contribution < 1.29 is 27.9 Å². The molecule has 0 bridgehead atoms. The monoisotopic (exact) mass is 314 g/mol. The van der Waals surface area contributed by atoms with E-state index in [0.29, 0.717) is 12.6 Å². The fourth-order valence-corrected chi connectivity index (χ4v) is 1.56. The van der Waals surface area contributed by atoms with E-state index in [1.54, 1.807) is 6.92 Å². The van der Waals surface area contributed by atoms with Crippen LogP contribution in [0.4, 0.5) is 8.78 Å². The van der Waals surface area contributed by atoms with E-state index in [9.17, 15) is 23.2 Å². The number of ether oxygens (including phenoxy) is 1. The molecule has 1 rings (SSSR count). The minimum absolute atomic E-state index is 0.345. The molecule has 2 N–H and O–H groups in total. The van der Waals surface area contributed by atoms with Crippen molar-refractivity contribution in [1.82, 2.24) is 10.6 Å². The molecule has 0 unspecified atom stereocenters. The van der Waals surface area contributed by atoms with Crippen LogP contribution in [0.3, 0.4) is 0 Å². The number of esters is 1. The molecular weight excluding hydrogens is 298 g/mol. The summed E-state index contributed by atoms with van der Waals surface area (Å²) >= 11 is 0. The van der Waals surface area contributed by atoms with E-state index in [0.717, 1.165) is 12.1 Å². The molecule has 0 aliphatic heterocycles. The van der Waals surface area contributed by atoms with E-state index < -0.39 is 36.2 Å². The van der Waals surface area contributed by atoms with Crippen LogP contribution >= 0.6 is 0 Å². The predicted molar refractivity (Wildman–Crippen MR) is 72.9 cm³/mol. The normalized spacial score (nSPS) is 11.5. The Hall–Kier alpha value is -2.51. The Morgan fingerprint density at radius 3 is 2.32 bits per heavy atom. The van der Waals surface area contributed by atoms with Crippen LogP contribution in [0.25, 0.3) is 0 Å². The SMILES string of the molecule is CCNC(=O)[C@@H](C)NC(=O)COC(=O)c1cc(F)cc(F)c1. The Balaban J connectivity index is 2.50. The minimum atomic E-state index is -1.04. The third kappa shape index (κ3) is 5.47. The van der Waals surface area contributed by atoms with Crippen molar-refractivity contribution in [3.05, 3.63) is 35.4 Å². The van der Waals surface area contributed by atoms with Crippen molar-refractivity contribution in [2.45, 2.75) is 19.9 Å². The van der Waals surface area contributed by atoms with E-state index in [2.05, 4.69) is 15.4 Å². The zero-order chi connectivity index (χ0) is 16.7. The third-order valence-electron chi connectivity index (χ3n) is 2.55. The molecule has 22 heavy (non-hydrogen) atoms. The maximum absolute atomic E-state index is 12.9. The lowest BCUT2D eigenvalue weighted by Gasteiger charge is -2.13. The lowest BCUT2D eigenvalue weighted by Crippen LogP contribution is -2.46. The molecule has 1 aromatic carbocycles. The summed E-state index contributed by atoms with van der Waals surface area (Å²) in [7, 11) is 0. The average Bonchev–Trinajstić information content (AvgIpc) is 2.43. The number of likely N-dealkylation sites (N-methyl/N-ethyl adjacent to an activating group) is 1. The zero-order valence-electron chi connectivity index (χ0n) is 12.1. The number of carbonyl (C=O) groups is 3. The Bertz CT molecular complexity index is 558. The van der Waals surface area contributed by atoms with E-state index in [-0.39, 0.29) is 11.5 Å². The summed E-state index contributed by atoms with van der Waals surface area (Å²) in [6, 6.07) is 1.40. The van der Waals surface area contributed by atoms with Crippen molar-refractivity contribution >= 4 is 17.8 Å². The first kappa shape index (κ1) is 17.5.